The molecule has 23 heavy (non-hydrogen) atoms. The van der Waals surface area contributed by atoms with E-state index in [0.717, 1.165) is 17.0 Å². The lowest BCUT2D eigenvalue weighted by atomic mass is 10.2. The summed E-state index contributed by atoms with van der Waals surface area (Å²) in [6.45, 7) is 1.96. The summed E-state index contributed by atoms with van der Waals surface area (Å²) in [5, 5.41) is 10.0. The minimum atomic E-state index is -0.254. The molecule has 0 radical (unpaired) electrons. The van der Waals surface area contributed by atoms with E-state index in [1.54, 1.807) is 14.2 Å². The molecule has 1 atom stereocenters. The van der Waals surface area contributed by atoms with E-state index in [2.05, 4.69) is 15.8 Å². The molecule has 0 saturated carbocycles. The van der Waals surface area contributed by atoms with Gasteiger partial charge in [-0.2, -0.15) is 0 Å². The minimum absolute atomic E-state index is 0.0394. The van der Waals surface area contributed by atoms with Crippen LogP contribution >= 0.6 is 0 Å². The van der Waals surface area contributed by atoms with Crippen LogP contribution in [0.25, 0.3) is 0 Å². The van der Waals surface area contributed by atoms with Gasteiger partial charge in [-0.3, -0.25) is 4.79 Å². The first-order valence-electron chi connectivity index (χ1n) is 7.53. The van der Waals surface area contributed by atoms with Crippen molar-refractivity contribution in [1.29, 1.82) is 0 Å². The first-order chi connectivity index (χ1) is 11.2. The molecule has 2 N–H and O–H groups in total. The fourth-order valence-corrected chi connectivity index (χ4v) is 2.20. The van der Waals surface area contributed by atoms with Crippen molar-refractivity contribution in [3.8, 4) is 5.75 Å². The standard InChI is InChI=1S/C16H23N3O4/c1-21-8-7-17-16(20)15-9-13(10-18-15)19-23-11-12-3-5-14(22-2)6-4-12/h3-6,15,18H,7-11H2,1-2H3,(H,17,20)/t15-/m0/s1. The van der Waals surface area contributed by atoms with Crippen molar-refractivity contribution in [1.82, 2.24) is 10.6 Å². The zero-order valence-electron chi connectivity index (χ0n) is 13.5. The van der Waals surface area contributed by atoms with Crippen LogP contribution in [0.2, 0.25) is 0 Å². The number of nitrogens with zero attached hydrogens (tertiary/aromatic N) is 1. The Balaban J connectivity index is 1.73. The van der Waals surface area contributed by atoms with Crippen molar-refractivity contribution in [2.24, 2.45) is 5.16 Å². The van der Waals surface area contributed by atoms with E-state index >= 15 is 0 Å². The van der Waals surface area contributed by atoms with E-state index in [1.165, 1.54) is 0 Å². The molecule has 0 aliphatic carbocycles. The molecular formula is C16H23N3O4. The number of hydrogen-bond acceptors (Lipinski definition) is 6. The van der Waals surface area contributed by atoms with E-state index < -0.39 is 0 Å². The van der Waals surface area contributed by atoms with E-state index in [1.807, 2.05) is 24.3 Å². The Morgan fingerprint density at radius 1 is 1.35 bits per heavy atom. The molecule has 1 aliphatic rings. The number of nitrogens with one attached hydrogen (secondary N) is 2. The minimum Gasteiger partial charge on any atom is -0.497 e. The summed E-state index contributed by atoms with van der Waals surface area (Å²) in [4.78, 5) is 17.2. The number of benzene rings is 1. The fraction of sp³-hybridized carbons (Fsp3) is 0.500. The van der Waals surface area contributed by atoms with E-state index in [9.17, 15) is 4.79 Å². The van der Waals surface area contributed by atoms with Crippen LogP contribution < -0.4 is 15.4 Å². The molecule has 0 bridgehead atoms. The Morgan fingerprint density at radius 2 is 2.13 bits per heavy atom. The number of rotatable bonds is 8. The Kier molecular flexibility index (Phi) is 6.83. The monoisotopic (exact) mass is 321 g/mol. The highest BCUT2D eigenvalue weighted by atomic mass is 16.6. The average molecular weight is 321 g/mol. The number of oxime groups is 1. The zero-order valence-corrected chi connectivity index (χ0v) is 13.5. The third-order valence-corrected chi connectivity index (χ3v) is 3.50. The SMILES string of the molecule is COCCNC(=O)[C@@H]1CC(=NOCc2ccc(OC)cc2)CN1. The quantitative estimate of drug-likeness (QED) is 0.544. The van der Waals surface area contributed by atoms with Crippen LogP contribution in [0.5, 0.6) is 5.75 Å². The van der Waals surface area contributed by atoms with Gasteiger partial charge in [0.05, 0.1) is 25.5 Å². The van der Waals surface area contributed by atoms with Gasteiger partial charge < -0.3 is 24.9 Å². The highest BCUT2D eigenvalue weighted by Gasteiger charge is 2.26. The fourth-order valence-electron chi connectivity index (χ4n) is 2.20. The molecule has 1 aliphatic heterocycles. The van der Waals surface area contributed by atoms with Gasteiger partial charge in [-0.25, -0.2) is 0 Å². The van der Waals surface area contributed by atoms with Gasteiger partial charge in [-0.15, -0.1) is 0 Å². The maximum absolute atomic E-state index is 11.9. The lowest BCUT2D eigenvalue weighted by Gasteiger charge is -2.09. The smallest absolute Gasteiger partial charge is 0.237 e. The maximum atomic E-state index is 11.9. The molecule has 0 spiro atoms. The third kappa shape index (κ3) is 5.54. The van der Waals surface area contributed by atoms with Crippen LogP contribution in [0, 0.1) is 0 Å². The number of carbonyl (C=O) groups excluding carboxylic acids is 1. The molecule has 2 rings (SSSR count). The van der Waals surface area contributed by atoms with Crippen LogP contribution in [0.4, 0.5) is 0 Å². The van der Waals surface area contributed by atoms with Crippen LogP contribution in [0.3, 0.4) is 0 Å². The lowest BCUT2D eigenvalue weighted by Crippen LogP contribution is -2.41. The molecule has 7 nitrogen and oxygen atoms in total. The third-order valence-electron chi connectivity index (χ3n) is 3.50. The molecule has 1 heterocycles. The van der Waals surface area contributed by atoms with Crippen molar-refractivity contribution in [2.75, 3.05) is 33.9 Å². The second-order valence-corrected chi connectivity index (χ2v) is 5.20. The van der Waals surface area contributed by atoms with Crippen molar-refractivity contribution >= 4 is 11.6 Å². The molecule has 7 heteroatoms. The second-order valence-electron chi connectivity index (χ2n) is 5.20. The van der Waals surface area contributed by atoms with E-state index in [-0.39, 0.29) is 11.9 Å². The van der Waals surface area contributed by atoms with Crippen molar-refractivity contribution in [2.45, 2.75) is 19.1 Å². The molecule has 0 unspecified atom stereocenters. The lowest BCUT2D eigenvalue weighted by molar-refractivity contribution is -0.122. The van der Waals surface area contributed by atoms with E-state index in [4.69, 9.17) is 14.3 Å². The van der Waals surface area contributed by atoms with Gasteiger partial charge in [0.1, 0.15) is 12.4 Å². The van der Waals surface area contributed by atoms with Crippen molar-refractivity contribution < 1.29 is 19.1 Å². The number of methoxy groups -OCH3 is 2. The zero-order chi connectivity index (χ0) is 16.5. The Bertz CT molecular complexity index is 531. The highest BCUT2D eigenvalue weighted by Crippen LogP contribution is 2.12. The first-order valence-corrected chi connectivity index (χ1v) is 7.53. The number of carbonyl (C=O) groups is 1. The van der Waals surface area contributed by atoms with Crippen LogP contribution in [0.15, 0.2) is 29.4 Å². The molecule has 1 aromatic carbocycles. The van der Waals surface area contributed by atoms with Gasteiger partial charge in [0.15, 0.2) is 0 Å². The number of hydrogen-bond donors (Lipinski definition) is 2. The maximum Gasteiger partial charge on any atom is 0.237 e. The molecule has 1 aromatic rings. The molecule has 0 aromatic heterocycles. The molecular weight excluding hydrogens is 298 g/mol. The Labute approximate surface area is 136 Å². The number of ether oxygens (including phenoxy) is 2. The van der Waals surface area contributed by atoms with Gasteiger partial charge >= 0.3 is 0 Å². The van der Waals surface area contributed by atoms with Crippen LogP contribution in [0.1, 0.15) is 12.0 Å². The normalized spacial score (nSPS) is 18.9. The van der Waals surface area contributed by atoms with Gasteiger partial charge in [0.25, 0.3) is 0 Å². The topological polar surface area (TPSA) is 81.2 Å². The summed E-state index contributed by atoms with van der Waals surface area (Å²) >= 11 is 0. The summed E-state index contributed by atoms with van der Waals surface area (Å²) in [7, 11) is 3.23. The average Bonchev–Trinajstić information content (AvgIpc) is 3.05. The summed E-state index contributed by atoms with van der Waals surface area (Å²) in [5.41, 5.74) is 1.85. The van der Waals surface area contributed by atoms with Crippen LogP contribution in [-0.4, -0.2) is 51.6 Å². The Hall–Kier alpha value is -2.12. The molecule has 126 valence electrons. The summed E-state index contributed by atoms with van der Waals surface area (Å²) < 4.78 is 10.0. The molecule has 1 fully saturated rings. The predicted molar refractivity (Wildman–Crippen MR) is 86.5 cm³/mol. The summed E-state index contributed by atoms with van der Waals surface area (Å²) in [5.74, 6) is 0.768. The summed E-state index contributed by atoms with van der Waals surface area (Å²) in [6, 6.07) is 7.36. The number of amides is 1. The van der Waals surface area contributed by atoms with Gasteiger partial charge in [-0.1, -0.05) is 17.3 Å². The highest BCUT2D eigenvalue weighted by molar-refractivity contribution is 5.96. The Morgan fingerprint density at radius 3 is 2.83 bits per heavy atom. The largest absolute Gasteiger partial charge is 0.497 e. The predicted octanol–water partition coefficient (Wildman–Crippen LogP) is 0.692. The van der Waals surface area contributed by atoms with Crippen molar-refractivity contribution in [3.63, 3.8) is 0 Å². The first kappa shape index (κ1) is 17.2. The molecule has 1 saturated heterocycles. The van der Waals surface area contributed by atoms with Gasteiger partial charge in [-0.05, 0) is 17.7 Å². The van der Waals surface area contributed by atoms with Crippen molar-refractivity contribution in [3.05, 3.63) is 29.8 Å². The van der Waals surface area contributed by atoms with Crippen LogP contribution in [-0.2, 0) is 21.0 Å². The molecule has 1 amide bonds. The van der Waals surface area contributed by atoms with Gasteiger partial charge in [0, 0.05) is 26.6 Å². The summed E-state index contributed by atoms with van der Waals surface area (Å²) in [6.07, 6.45) is 0.557. The second kappa shape index (κ2) is 9.12. The van der Waals surface area contributed by atoms with E-state index in [0.29, 0.717) is 32.7 Å². The van der Waals surface area contributed by atoms with Gasteiger partial charge in [0.2, 0.25) is 5.91 Å².